The zero-order valence-corrected chi connectivity index (χ0v) is 11.6. The molecule has 0 aliphatic heterocycles. The van der Waals surface area contributed by atoms with Crippen molar-refractivity contribution in [3.63, 3.8) is 0 Å². The molecule has 0 unspecified atom stereocenters. The van der Waals surface area contributed by atoms with E-state index in [4.69, 9.17) is 5.11 Å². The lowest BCUT2D eigenvalue weighted by Crippen LogP contribution is -2.46. The van der Waals surface area contributed by atoms with Crippen molar-refractivity contribution in [2.75, 3.05) is 6.61 Å². The molecule has 2 N–H and O–H groups in total. The Bertz CT molecular complexity index is 413. The van der Waals surface area contributed by atoms with Crippen molar-refractivity contribution in [3.8, 4) is 0 Å². The van der Waals surface area contributed by atoms with Crippen molar-refractivity contribution in [3.05, 3.63) is 30.3 Å². The van der Waals surface area contributed by atoms with E-state index in [2.05, 4.69) is 4.72 Å². The van der Waals surface area contributed by atoms with Gasteiger partial charge in [0.15, 0.2) is 0 Å². The van der Waals surface area contributed by atoms with Crippen LogP contribution in [0.4, 0.5) is 0 Å². The number of aliphatic hydroxyl groups is 1. The van der Waals surface area contributed by atoms with Gasteiger partial charge in [-0.25, -0.2) is 13.1 Å². The van der Waals surface area contributed by atoms with Crippen LogP contribution in [0.25, 0.3) is 0 Å². The fourth-order valence-corrected chi connectivity index (χ4v) is 2.48. The van der Waals surface area contributed by atoms with Gasteiger partial charge in [0.1, 0.15) is 0 Å². The number of aliphatic hydroxyl groups excluding tert-OH is 1. The molecule has 0 aliphatic rings. The Labute approximate surface area is 104 Å². The van der Waals surface area contributed by atoms with Crippen LogP contribution in [-0.4, -0.2) is 25.7 Å². The van der Waals surface area contributed by atoms with Gasteiger partial charge in [-0.05, 0) is 26.0 Å². The second kappa shape index (κ2) is 6.74. The van der Waals surface area contributed by atoms with Crippen LogP contribution in [0.2, 0.25) is 0 Å². The normalized spacial score (nSPS) is 11.6. The molecule has 0 saturated carbocycles. The smallest absolute Gasteiger partial charge is 0.241 e. The molecule has 5 heteroatoms. The van der Waals surface area contributed by atoms with Gasteiger partial charge in [0.25, 0.3) is 0 Å². The molecular weight excluding hydrogens is 238 g/mol. The molecule has 0 fully saturated rings. The first kappa shape index (κ1) is 16.1. The van der Waals surface area contributed by atoms with E-state index in [1.807, 2.05) is 13.8 Å². The second-order valence-electron chi connectivity index (χ2n) is 3.96. The largest absolute Gasteiger partial charge is 0.394 e. The third-order valence-electron chi connectivity index (χ3n) is 1.86. The molecule has 17 heavy (non-hydrogen) atoms. The van der Waals surface area contributed by atoms with Crippen LogP contribution in [0.5, 0.6) is 0 Å². The maximum absolute atomic E-state index is 11.8. The maximum Gasteiger partial charge on any atom is 0.241 e. The van der Waals surface area contributed by atoms with Gasteiger partial charge in [0.2, 0.25) is 10.0 Å². The molecule has 0 atom stereocenters. The molecule has 98 valence electrons. The molecule has 1 aromatic carbocycles. The minimum atomic E-state index is -3.54. The van der Waals surface area contributed by atoms with Gasteiger partial charge in [-0.1, -0.05) is 32.0 Å². The fraction of sp³-hybridized carbons (Fsp3) is 0.500. The average Bonchev–Trinajstić information content (AvgIpc) is 2.32. The molecule has 0 heterocycles. The molecule has 0 amide bonds. The molecule has 0 aromatic heterocycles. The van der Waals surface area contributed by atoms with E-state index in [-0.39, 0.29) is 11.5 Å². The Morgan fingerprint density at radius 1 is 1.18 bits per heavy atom. The number of rotatable bonds is 4. The van der Waals surface area contributed by atoms with Gasteiger partial charge in [0, 0.05) is 0 Å². The molecule has 1 rings (SSSR count). The predicted octanol–water partition coefficient (Wildman–Crippen LogP) is 1.76. The van der Waals surface area contributed by atoms with E-state index in [9.17, 15) is 8.42 Å². The summed E-state index contributed by atoms with van der Waals surface area (Å²) in [5, 5.41) is 8.98. The van der Waals surface area contributed by atoms with Crippen molar-refractivity contribution in [2.45, 2.75) is 38.1 Å². The minimum Gasteiger partial charge on any atom is -0.394 e. The topological polar surface area (TPSA) is 66.4 Å². The summed E-state index contributed by atoms with van der Waals surface area (Å²) in [6.45, 7) is 6.99. The van der Waals surface area contributed by atoms with E-state index < -0.39 is 15.6 Å². The molecule has 4 nitrogen and oxygen atoms in total. The van der Waals surface area contributed by atoms with Crippen LogP contribution in [0.3, 0.4) is 0 Å². The Morgan fingerprint density at radius 3 is 2.06 bits per heavy atom. The van der Waals surface area contributed by atoms with Crippen LogP contribution in [0, 0.1) is 0 Å². The lowest BCUT2D eigenvalue weighted by molar-refractivity contribution is 0.208. The highest BCUT2D eigenvalue weighted by atomic mass is 32.2. The lowest BCUT2D eigenvalue weighted by atomic mass is 10.1. The van der Waals surface area contributed by atoms with Gasteiger partial charge in [-0.3, -0.25) is 0 Å². The summed E-state index contributed by atoms with van der Waals surface area (Å²) < 4.78 is 26.0. The van der Waals surface area contributed by atoms with Crippen molar-refractivity contribution in [2.24, 2.45) is 0 Å². The quantitative estimate of drug-likeness (QED) is 0.866. The third-order valence-corrected chi connectivity index (χ3v) is 3.57. The van der Waals surface area contributed by atoms with Gasteiger partial charge in [-0.15, -0.1) is 0 Å². The summed E-state index contributed by atoms with van der Waals surface area (Å²) in [4.78, 5) is 0.200. The minimum absolute atomic E-state index is 0.200. The second-order valence-corrected chi connectivity index (χ2v) is 5.64. The summed E-state index contributed by atoms with van der Waals surface area (Å²) in [5.74, 6) is 0. The number of hydrogen-bond acceptors (Lipinski definition) is 3. The SMILES string of the molecule is CC.CC(C)(CO)NS(=O)(=O)c1ccccc1. The van der Waals surface area contributed by atoms with E-state index in [0.717, 1.165) is 0 Å². The zero-order valence-electron chi connectivity index (χ0n) is 10.8. The number of nitrogens with one attached hydrogen (secondary N) is 1. The van der Waals surface area contributed by atoms with Gasteiger partial charge >= 0.3 is 0 Å². The van der Waals surface area contributed by atoms with Crippen LogP contribution < -0.4 is 4.72 Å². The molecule has 0 bridgehead atoms. The summed E-state index contributed by atoms with van der Waals surface area (Å²) in [6.07, 6.45) is 0. The van der Waals surface area contributed by atoms with E-state index in [1.54, 1.807) is 32.0 Å². The number of sulfonamides is 1. The first-order valence-electron chi connectivity index (χ1n) is 5.57. The molecule has 0 radical (unpaired) electrons. The zero-order chi connectivity index (χ0) is 13.5. The Kier molecular flexibility index (Phi) is 6.37. The van der Waals surface area contributed by atoms with E-state index >= 15 is 0 Å². The third kappa shape index (κ3) is 5.30. The van der Waals surface area contributed by atoms with Crippen molar-refractivity contribution >= 4 is 10.0 Å². The number of benzene rings is 1. The van der Waals surface area contributed by atoms with Crippen LogP contribution in [0.15, 0.2) is 35.2 Å². The first-order valence-corrected chi connectivity index (χ1v) is 7.06. The fourth-order valence-electron chi connectivity index (χ4n) is 1.05. The maximum atomic E-state index is 11.8. The van der Waals surface area contributed by atoms with Crippen LogP contribution in [0.1, 0.15) is 27.7 Å². The molecule has 0 spiro atoms. The molecule has 1 aromatic rings. The Morgan fingerprint density at radius 2 is 1.65 bits per heavy atom. The van der Waals surface area contributed by atoms with Crippen molar-refractivity contribution in [1.29, 1.82) is 0 Å². The van der Waals surface area contributed by atoms with Crippen molar-refractivity contribution < 1.29 is 13.5 Å². The monoisotopic (exact) mass is 259 g/mol. The highest BCUT2D eigenvalue weighted by Gasteiger charge is 2.24. The Balaban J connectivity index is 0.00000121. The molecule has 0 aliphatic carbocycles. The summed E-state index contributed by atoms with van der Waals surface area (Å²) in [6, 6.07) is 8.07. The van der Waals surface area contributed by atoms with E-state index in [0.29, 0.717) is 0 Å². The van der Waals surface area contributed by atoms with Crippen molar-refractivity contribution in [1.82, 2.24) is 4.72 Å². The van der Waals surface area contributed by atoms with Crippen LogP contribution >= 0.6 is 0 Å². The van der Waals surface area contributed by atoms with Gasteiger partial charge in [0.05, 0.1) is 17.0 Å². The van der Waals surface area contributed by atoms with Gasteiger partial charge in [-0.2, -0.15) is 0 Å². The average molecular weight is 259 g/mol. The van der Waals surface area contributed by atoms with E-state index in [1.165, 1.54) is 12.1 Å². The van der Waals surface area contributed by atoms with Gasteiger partial charge < -0.3 is 5.11 Å². The number of hydrogen-bond donors (Lipinski definition) is 2. The summed E-state index contributed by atoms with van der Waals surface area (Å²) in [7, 11) is -3.54. The standard InChI is InChI=1S/C10H15NO3S.C2H6/c1-10(2,8-12)11-15(13,14)9-6-4-3-5-7-9;1-2/h3-7,11-12H,8H2,1-2H3;1-2H3. The summed E-state index contributed by atoms with van der Waals surface area (Å²) >= 11 is 0. The highest BCUT2D eigenvalue weighted by Crippen LogP contribution is 2.11. The van der Waals surface area contributed by atoms with Crippen LogP contribution in [-0.2, 0) is 10.0 Å². The molecule has 0 saturated heterocycles. The lowest BCUT2D eigenvalue weighted by Gasteiger charge is -2.23. The highest BCUT2D eigenvalue weighted by molar-refractivity contribution is 7.89. The molecular formula is C12H21NO3S. The predicted molar refractivity (Wildman–Crippen MR) is 69.3 cm³/mol. The Hall–Kier alpha value is -0.910. The summed E-state index contributed by atoms with van der Waals surface area (Å²) in [5.41, 5.74) is -0.853. The first-order chi connectivity index (χ1) is 7.87.